The molecule has 1 aromatic carbocycles. The van der Waals surface area contributed by atoms with Gasteiger partial charge in [0.25, 0.3) is 0 Å². The Morgan fingerprint density at radius 3 is 2.35 bits per heavy atom. The van der Waals surface area contributed by atoms with Gasteiger partial charge in [-0.1, -0.05) is 43.7 Å². The summed E-state index contributed by atoms with van der Waals surface area (Å²) in [5.74, 6) is 2.46. The molecule has 0 saturated heterocycles. The van der Waals surface area contributed by atoms with Crippen LogP contribution in [0.4, 0.5) is 0 Å². The normalized spacial score (nSPS) is 24.8. The van der Waals surface area contributed by atoms with Crippen molar-refractivity contribution in [2.75, 3.05) is 19.3 Å². The van der Waals surface area contributed by atoms with Gasteiger partial charge in [0.1, 0.15) is 0 Å². The van der Waals surface area contributed by atoms with Crippen molar-refractivity contribution < 1.29 is 0 Å². The van der Waals surface area contributed by atoms with Crippen LogP contribution in [-0.4, -0.2) is 30.3 Å². The van der Waals surface area contributed by atoms with E-state index < -0.39 is 0 Å². The molecule has 1 aliphatic carbocycles. The Bertz CT molecular complexity index is 370. The lowest BCUT2D eigenvalue weighted by Crippen LogP contribution is -2.38. The first-order chi connectivity index (χ1) is 9.74. The van der Waals surface area contributed by atoms with Crippen molar-refractivity contribution in [1.82, 2.24) is 4.90 Å². The Labute approximate surface area is 130 Å². The largest absolute Gasteiger partial charge is 0.303 e. The van der Waals surface area contributed by atoms with Gasteiger partial charge in [-0.15, -0.1) is 0 Å². The second-order valence-corrected chi connectivity index (χ2v) is 6.68. The SMILES string of the molecule is CCC1CCC(N(C)CC(CS)c2ccccc2)CC1. The van der Waals surface area contributed by atoms with E-state index in [1.807, 2.05) is 0 Å². The third-order valence-corrected chi connectivity index (χ3v) is 5.46. The molecule has 0 aliphatic heterocycles. The van der Waals surface area contributed by atoms with Crippen molar-refractivity contribution in [1.29, 1.82) is 0 Å². The number of benzene rings is 1. The van der Waals surface area contributed by atoms with Gasteiger partial charge >= 0.3 is 0 Å². The molecule has 1 saturated carbocycles. The molecule has 1 aromatic rings. The molecule has 1 unspecified atom stereocenters. The van der Waals surface area contributed by atoms with Crippen LogP contribution < -0.4 is 0 Å². The van der Waals surface area contributed by atoms with E-state index in [0.29, 0.717) is 5.92 Å². The minimum atomic E-state index is 0.549. The molecule has 2 heteroatoms. The molecule has 0 aromatic heterocycles. The van der Waals surface area contributed by atoms with Crippen LogP contribution in [0, 0.1) is 5.92 Å². The molecule has 2 rings (SSSR count). The van der Waals surface area contributed by atoms with Crippen LogP contribution >= 0.6 is 12.6 Å². The summed E-state index contributed by atoms with van der Waals surface area (Å²) < 4.78 is 0. The lowest BCUT2D eigenvalue weighted by Gasteiger charge is -2.36. The topological polar surface area (TPSA) is 3.24 Å². The molecule has 0 N–H and O–H groups in total. The van der Waals surface area contributed by atoms with Gasteiger partial charge < -0.3 is 4.90 Å². The van der Waals surface area contributed by atoms with E-state index in [1.165, 1.54) is 37.7 Å². The van der Waals surface area contributed by atoms with Gasteiger partial charge in [0.15, 0.2) is 0 Å². The van der Waals surface area contributed by atoms with Crippen LogP contribution in [0.25, 0.3) is 0 Å². The fourth-order valence-electron chi connectivity index (χ4n) is 3.48. The molecule has 0 radical (unpaired) electrons. The number of rotatable bonds is 6. The Balaban J connectivity index is 1.88. The zero-order chi connectivity index (χ0) is 14.4. The standard InChI is InChI=1S/C18H29NS/c1-3-15-9-11-18(12-10-15)19(2)13-17(14-20)16-7-5-4-6-8-16/h4-8,15,17-18,20H,3,9-14H2,1-2H3. The summed E-state index contributed by atoms with van der Waals surface area (Å²) in [6.07, 6.45) is 6.96. The smallest absolute Gasteiger partial charge is 0.00926 e. The molecule has 0 bridgehead atoms. The highest BCUT2D eigenvalue weighted by Gasteiger charge is 2.24. The maximum Gasteiger partial charge on any atom is 0.00926 e. The predicted molar refractivity (Wildman–Crippen MR) is 91.7 cm³/mol. The highest BCUT2D eigenvalue weighted by molar-refractivity contribution is 7.80. The van der Waals surface area contributed by atoms with E-state index >= 15 is 0 Å². The maximum atomic E-state index is 4.57. The van der Waals surface area contributed by atoms with Gasteiger partial charge in [-0.2, -0.15) is 12.6 Å². The Kier molecular flexibility index (Phi) is 6.44. The minimum absolute atomic E-state index is 0.549. The van der Waals surface area contributed by atoms with Crippen molar-refractivity contribution in [3.8, 4) is 0 Å². The van der Waals surface area contributed by atoms with E-state index in [0.717, 1.165) is 24.3 Å². The van der Waals surface area contributed by atoms with Gasteiger partial charge in [-0.25, -0.2) is 0 Å². The lowest BCUT2D eigenvalue weighted by molar-refractivity contribution is 0.158. The Hall–Kier alpha value is -0.470. The summed E-state index contributed by atoms with van der Waals surface area (Å²) in [4.78, 5) is 2.58. The summed E-state index contributed by atoms with van der Waals surface area (Å²) in [6, 6.07) is 11.6. The molecule has 0 amide bonds. The summed E-state index contributed by atoms with van der Waals surface area (Å²) >= 11 is 4.57. The monoisotopic (exact) mass is 291 g/mol. The molecule has 1 atom stereocenters. The van der Waals surface area contributed by atoms with Crippen LogP contribution in [0.1, 0.15) is 50.5 Å². The van der Waals surface area contributed by atoms with Crippen molar-refractivity contribution >= 4 is 12.6 Å². The quantitative estimate of drug-likeness (QED) is 0.750. The maximum absolute atomic E-state index is 4.57. The zero-order valence-electron chi connectivity index (χ0n) is 13.0. The Morgan fingerprint density at radius 1 is 1.15 bits per heavy atom. The zero-order valence-corrected chi connectivity index (χ0v) is 13.9. The molecule has 1 aliphatic rings. The van der Waals surface area contributed by atoms with E-state index in [1.54, 1.807) is 0 Å². The van der Waals surface area contributed by atoms with Crippen LogP contribution in [0.15, 0.2) is 30.3 Å². The van der Waals surface area contributed by atoms with Gasteiger partial charge in [0.05, 0.1) is 0 Å². The highest BCUT2D eigenvalue weighted by Crippen LogP contribution is 2.30. The molecular formula is C18H29NS. The molecule has 20 heavy (non-hydrogen) atoms. The summed E-state index contributed by atoms with van der Waals surface area (Å²) in [5.41, 5.74) is 1.43. The van der Waals surface area contributed by atoms with Crippen LogP contribution in [0.3, 0.4) is 0 Å². The fourth-order valence-corrected chi connectivity index (χ4v) is 3.81. The molecule has 112 valence electrons. The minimum Gasteiger partial charge on any atom is -0.303 e. The number of hydrogen-bond donors (Lipinski definition) is 1. The van der Waals surface area contributed by atoms with Crippen molar-refractivity contribution in [2.24, 2.45) is 5.92 Å². The lowest BCUT2D eigenvalue weighted by atomic mass is 9.84. The predicted octanol–water partition coefficient (Wildman–Crippen LogP) is 4.60. The molecule has 1 fully saturated rings. The van der Waals surface area contributed by atoms with E-state index in [9.17, 15) is 0 Å². The summed E-state index contributed by atoms with van der Waals surface area (Å²) in [7, 11) is 2.30. The fraction of sp³-hybridized carbons (Fsp3) is 0.667. The Morgan fingerprint density at radius 2 is 1.80 bits per heavy atom. The second kappa shape index (κ2) is 8.09. The number of nitrogens with zero attached hydrogens (tertiary/aromatic N) is 1. The van der Waals surface area contributed by atoms with E-state index in [-0.39, 0.29) is 0 Å². The van der Waals surface area contributed by atoms with Crippen molar-refractivity contribution in [3.05, 3.63) is 35.9 Å². The van der Waals surface area contributed by atoms with E-state index in [4.69, 9.17) is 0 Å². The molecular weight excluding hydrogens is 262 g/mol. The molecule has 0 spiro atoms. The van der Waals surface area contributed by atoms with Crippen molar-refractivity contribution in [3.63, 3.8) is 0 Å². The number of hydrogen-bond acceptors (Lipinski definition) is 2. The number of thiol groups is 1. The molecule has 0 heterocycles. The highest BCUT2D eigenvalue weighted by atomic mass is 32.1. The van der Waals surface area contributed by atoms with Gasteiger partial charge in [0.2, 0.25) is 0 Å². The van der Waals surface area contributed by atoms with Crippen molar-refractivity contribution in [2.45, 2.75) is 51.0 Å². The van der Waals surface area contributed by atoms with Gasteiger partial charge in [0, 0.05) is 18.5 Å². The average molecular weight is 292 g/mol. The number of likely N-dealkylation sites (N-methyl/N-ethyl adjacent to an activating group) is 1. The van der Waals surface area contributed by atoms with Gasteiger partial charge in [-0.3, -0.25) is 0 Å². The van der Waals surface area contributed by atoms with Crippen LogP contribution in [0.2, 0.25) is 0 Å². The first-order valence-corrected chi connectivity index (χ1v) is 8.73. The first-order valence-electron chi connectivity index (χ1n) is 8.10. The van der Waals surface area contributed by atoms with E-state index in [2.05, 4.69) is 61.8 Å². The second-order valence-electron chi connectivity index (χ2n) is 6.31. The third-order valence-electron chi connectivity index (χ3n) is 5.02. The summed E-state index contributed by atoms with van der Waals surface area (Å²) in [5, 5.41) is 0. The molecule has 1 nitrogen and oxygen atoms in total. The van der Waals surface area contributed by atoms with Crippen LogP contribution in [-0.2, 0) is 0 Å². The van der Waals surface area contributed by atoms with Gasteiger partial charge in [-0.05, 0) is 50.0 Å². The first kappa shape index (κ1) is 15.9. The summed E-state index contributed by atoms with van der Waals surface area (Å²) in [6.45, 7) is 3.47. The third kappa shape index (κ3) is 4.26. The van der Waals surface area contributed by atoms with Crippen LogP contribution in [0.5, 0.6) is 0 Å². The average Bonchev–Trinajstić information content (AvgIpc) is 2.53.